The van der Waals surface area contributed by atoms with E-state index in [0.29, 0.717) is 5.56 Å². The summed E-state index contributed by atoms with van der Waals surface area (Å²) in [6, 6.07) is 13.5. The summed E-state index contributed by atoms with van der Waals surface area (Å²) in [7, 11) is 0. The first kappa shape index (κ1) is 40.5. The number of nitrogens with zero attached hydrogens (tertiary/aromatic N) is 1. The van der Waals surface area contributed by atoms with E-state index in [-0.39, 0.29) is 29.7 Å². The van der Waals surface area contributed by atoms with E-state index in [9.17, 15) is 29.1 Å². The van der Waals surface area contributed by atoms with Crippen molar-refractivity contribution >= 4 is 41.3 Å². The van der Waals surface area contributed by atoms with Gasteiger partial charge in [0, 0.05) is 17.7 Å². The number of aliphatic hydroxyl groups is 1. The molecule has 12 heteroatoms. The monoisotopic (exact) mass is 709 g/mol. The average Bonchev–Trinajstić information content (AvgIpc) is 3.35. The predicted octanol–water partition coefficient (Wildman–Crippen LogP) is 3.71. The number of hydrogen-bond donors (Lipinski definition) is 5. The third-order valence-electron chi connectivity index (χ3n) is 9.15. The van der Waals surface area contributed by atoms with Crippen LogP contribution in [-0.4, -0.2) is 80.4 Å². The second-order valence-electron chi connectivity index (χ2n) is 15.8. The van der Waals surface area contributed by atoms with Gasteiger partial charge in [0.15, 0.2) is 6.10 Å². The van der Waals surface area contributed by atoms with Crippen LogP contribution in [0.1, 0.15) is 86.4 Å². The summed E-state index contributed by atoms with van der Waals surface area (Å²) in [5.41, 5.74) is 0.275. The lowest BCUT2D eigenvalue weighted by Gasteiger charge is -2.37. The van der Waals surface area contributed by atoms with Gasteiger partial charge in [-0.25, -0.2) is 0 Å². The van der Waals surface area contributed by atoms with Crippen LogP contribution in [0.2, 0.25) is 0 Å². The molecule has 11 nitrogen and oxygen atoms in total. The number of nitrogens with one attached hydrogen (secondary N) is 4. The Balaban J connectivity index is 1.92. The maximum atomic E-state index is 14.2. The van der Waals surface area contributed by atoms with Gasteiger partial charge in [0.25, 0.3) is 5.91 Å². The molecule has 1 fully saturated rings. The van der Waals surface area contributed by atoms with Gasteiger partial charge in [-0.05, 0) is 49.1 Å². The number of benzene rings is 2. The minimum Gasteiger partial charge on any atom is -0.381 e. The minimum atomic E-state index is -1.71. The number of carbonyl (C=O) groups excluding carboxylic acids is 5. The van der Waals surface area contributed by atoms with Gasteiger partial charge in [0.05, 0.1) is 11.9 Å². The zero-order chi connectivity index (χ0) is 37.6. The Kier molecular flexibility index (Phi) is 13.3. The second kappa shape index (κ2) is 16.4. The normalized spacial score (nSPS) is 18.9. The van der Waals surface area contributed by atoms with E-state index in [4.69, 9.17) is 0 Å². The first-order chi connectivity index (χ1) is 23.1. The van der Waals surface area contributed by atoms with Crippen molar-refractivity contribution in [1.82, 2.24) is 26.2 Å². The number of carbonyl (C=O) groups is 5. The Bertz CT molecular complexity index is 1510. The van der Waals surface area contributed by atoms with Crippen molar-refractivity contribution in [3.8, 4) is 0 Å². The van der Waals surface area contributed by atoms with E-state index < -0.39 is 64.1 Å². The number of hydrogen-bond acceptors (Lipinski definition) is 7. The third-order valence-corrected chi connectivity index (χ3v) is 10.5. The highest BCUT2D eigenvalue weighted by Gasteiger charge is 2.50. The lowest BCUT2D eigenvalue weighted by Crippen LogP contribution is -2.62. The van der Waals surface area contributed by atoms with E-state index in [1.54, 1.807) is 51.1 Å². The van der Waals surface area contributed by atoms with Crippen LogP contribution in [0.3, 0.4) is 0 Å². The van der Waals surface area contributed by atoms with Crippen molar-refractivity contribution in [3.05, 3.63) is 71.8 Å². The van der Waals surface area contributed by atoms with Crippen LogP contribution in [0, 0.1) is 10.8 Å². The van der Waals surface area contributed by atoms with Crippen molar-refractivity contribution in [1.29, 1.82) is 0 Å². The van der Waals surface area contributed by atoms with Crippen molar-refractivity contribution < 1.29 is 29.1 Å². The molecule has 274 valence electrons. The number of rotatable bonds is 12. The highest BCUT2D eigenvalue weighted by Crippen LogP contribution is 2.40. The second-order valence-corrected chi connectivity index (χ2v) is 17.4. The Morgan fingerprint density at radius 2 is 1.40 bits per heavy atom. The first-order valence-corrected chi connectivity index (χ1v) is 18.0. The van der Waals surface area contributed by atoms with Gasteiger partial charge in [-0.1, -0.05) is 102 Å². The molecule has 2 aromatic rings. The predicted molar refractivity (Wildman–Crippen MR) is 197 cm³/mol. The maximum Gasteiger partial charge on any atom is 0.254 e. The minimum absolute atomic E-state index is 0.102. The van der Waals surface area contributed by atoms with Crippen LogP contribution in [0.25, 0.3) is 0 Å². The molecule has 5 N–H and O–H groups in total. The molecule has 0 radical (unpaired) electrons. The quantitative estimate of drug-likeness (QED) is 0.225. The fourth-order valence-electron chi connectivity index (χ4n) is 5.69. The van der Waals surface area contributed by atoms with E-state index in [2.05, 4.69) is 21.3 Å². The molecule has 3 rings (SSSR count). The summed E-state index contributed by atoms with van der Waals surface area (Å²) < 4.78 is -0.639. The molecule has 1 unspecified atom stereocenters. The van der Waals surface area contributed by atoms with Crippen molar-refractivity contribution in [2.24, 2.45) is 10.8 Å². The van der Waals surface area contributed by atoms with Crippen LogP contribution < -0.4 is 21.3 Å². The fourth-order valence-corrected chi connectivity index (χ4v) is 6.83. The third kappa shape index (κ3) is 10.6. The van der Waals surface area contributed by atoms with Crippen LogP contribution in [0.4, 0.5) is 0 Å². The van der Waals surface area contributed by atoms with E-state index in [0.717, 1.165) is 5.56 Å². The molecule has 2 aromatic carbocycles. The zero-order valence-electron chi connectivity index (χ0n) is 31.0. The molecule has 1 saturated heterocycles. The highest BCUT2D eigenvalue weighted by atomic mass is 32.2. The zero-order valence-corrected chi connectivity index (χ0v) is 31.8. The molecule has 0 aliphatic carbocycles. The lowest BCUT2D eigenvalue weighted by atomic mass is 9.85. The van der Waals surface area contributed by atoms with Gasteiger partial charge in [-0.15, -0.1) is 11.8 Å². The molecule has 1 aliphatic rings. The molecule has 6 atom stereocenters. The maximum absolute atomic E-state index is 14.2. The Morgan fingerprint density at radius 3 is 1.92 bits per heavy atom. The Morgan fingerprint density at radius 1 is 0.840 bits per heavy atom. The summed E-state index contributed by atoms with van der Waals surface area (Å²) in [4.78, 5) is 69.1. The highest BCUT2D eigenvalue weighted by molar-refractivity contribution is 8.00. The number of aliphatic hydroxyl groups excluding tert-OH is 1. The Labute approximate surface area is 301 Å². The summed E-state index contributed by atoms with van der Waals surface area (Å²) >= 11 is 1.44. The van der Waals surface area contributed by atoms with Gasteiger partial charge in [-0.3, -0.25) is 24.0 Å². The summed E-state index contributed by atoms with van der Waals surface area (Å²) in [6.07, 6.45) is -1.61. The molecule has 5 amide bonds. The number of amides is 5. The lowest BCUT2D eigenvalue weighted by molar-refractivity contribution is -0.148. The fraction of sp³-hybridized carbons (Fsp3) is 0.553. The van der Waals surface area contributed by atoms with Crippen molar-refractivity contribution in [3.63, 3.8) is 0 Å². The molecular weight excluding hydrogens is 655 g/mol. The average molecular weight is 710 g/mol. The van der Waals surface area contributed by atoms with Crippen LogP contribution >= 0.6 is 11.8 Å². The smallest absolute Gasteiger partial charge is 0.254 e. The first-order valence-electron chi connectivity index (χ1n) is 17.0. The standard InChI is InChI=1S/C38H55N5O6S/c1-23(36(3,4)5)39-34(48)31-38(9,10)50-22-43(31)35(49)29(45)27(21-25-17-13-11-14-18-25)41-33(47)30(37(6,7)8)42-32(46)28(40-24(2)44)26-19-15-12-16-20-26/h11-20,23,27-31,45H,21-22H2,1-10H3,(H,39,48)(H,40,44)(H,41,47)(H,42,46)/t23?,27-,28-,29-,30+,31+/m0/s1. The van der Waals surface area contributed by atoms with E-state index >= 15 is 0 Å². The molecule has 50 heavy (non-hydrogen) atoms. The van der Waals surface area contributed by atoms with E-state index in [1.807, 2.05) is 71.9 Å². The molecular formula is C38H55N5O6S. The SMILES string of the molecule is CC(=O)N[C@H](C(=O)N[C@H](C(=O)N[C@@H](Cc1ccccc1)[C@H](O)C(=O)N1CSC(C)(C)[C@H]1C(=O)NC(C)C(C)(C)C)C(C)(C)C)c1ccccc1. The molecule has 0 bridgehead atoms. The molecule has 0 aromatic heterocycles. The van der Waals surface area contributed by atoms with Gasteiger partial charge in [-0.2, -0.15) is 0 Å². The molecule has 1 heterocycles. The molecule has 0 saturated carbocycles. The molecule has 1 aliphatic heterocycles. The molecule has 0 spiro atoms. The van der Waals surface area contributed by atoms with E-state index in [1.165, 1.54) is 23.6 Å². The number of thioether (sulfide) groups is 1. The topological polar surface area (TPSA) is 157 Å². The van der Waals surface area contributed by atoms with Crippen molar-refractivity contribution in [2.45, 2.75) is 117 Å². The summed E-state index contributed by atoms with van der Waals surface area (Å²) in [5, 5.41) is 23.2. The summed E-state index contributed by atoms with van der Waals surface area (Å²) in [6.45, 7) is 18.4. The van der Waals surface area contributed by atoms with Gasteiger partial charge in [0.2, 0.25) is 23.6 Å². The van der Waals surface area contributed by atoms with Crippen LogP contribution in [0.15, 0.2) is 60.7 Å². The van der Waals surface area contributed by atoms with Gasteiger partial charge in [0.1, 0.15) is 18.1 Å². The van der Waals surface area contributed by atoms with Gasteiger partial charge >= 0.3 is 0 Å². The Hall–Kier alpha value is -3.90. The van der Waals surface area contributed by atoms with Gasteiger partial charge < -0.3 is 31.3 Å². The summed E-state index contributed by atoms with van der Waals surface area (Å²) in [5.74, 6) is -2.43. The van der Waals surface area contributed by atoms with Crippen LogP contribution in [0.5, 0.6) is 0 Å². The largest absolute Gasteiger partial charge is 0.381 e. The van der Waals surface area contributed by atoms with Crippen LogP contribution in [-0.2, 0) is 30.4 Å². The van der Waals surface area contributed by atoms with Crippen molar-refractivity contribution in [2.75, 3.05) is 5.88 Å².